The second-order valence-electron chi connectivity index (χ2n) is 10.7. The van der Waals surface area contributed by atoms with Crippen molar-refractivity contribution in [2.24, 2.45) is 0 Å². The van der Waals surface area contributed by atoms with Gasteiger partial charge in [0.2, 0.25) is 11.8 Å². The fourth-order valence-electron chi connectivity index (χ4n) is 5.23. The van der Waals surface area contributed by atoms with Crippen LogP contribution in [0.2, 0.25) is 5.02 Å². The summed E-state index contributed by atoms with van der Waals surface area (Å²) in [4.78, 5) is 29.3. The van der Waals surface area contributed by atoms with Crippen LogP contribution in [-0.2, 0) is 26.2 Å². The van der Waals surface area contributed by atoms with E-state index in [0.717, 1.165) is 46.7 Å². The first kappa shape index (κ1) is 30.6. The van der Waals surface area contributed by atoms with E-state index in [2.05, 4.69) is 5.32 Å². The summed E-state index contributed by atoms with van der Waals surface area (Å²) in [7, 11) is -4.12. The highest BCUT2D eigenvalue weighted by molar-refractivity contribution is 7.92. The highest BCUT2D eigenvalue weighted by Crippen LogP contribution is 2.27. The average Bonchev–Trinajstić information content (AvgIpc) is 3.46. The van der Waals surface area contributed by atoms with Crippen molar-refractivity contribution in [3.63, 3.8) is 0 Å². The number of rotatable bonds is 11. The standard InChI is InChI=1S/C32H38ClN3O4S/c1-4-30(32(38)34-27-11-7-8-12-27)35(21-25-10-6-5-9-24(25)3)31(37)22-36(28-17-15-26(33)16-18-28)41(39,40)29-19-13-23(2)14-20-29/h5-6,9-10,13-20,27,30H,4,7-8,11-12,21-22H2,1-3H3,(H,34,38)/t30-/m0/s1. The molecule has 1 aliphatic rings. The number of halogens is 1. The predicted molar refractivity (Wildman–Crippen MR) is 163 cm³/mol. The maximum absolute atomic E-state index is 14.2. The molecule has 0 spiro atoms. The molecule has 0 aliphatic heterocycles. The van der Waals surface area contributed by atoms with Crippen LogP contribution < -0.4 is 9.62 Å². The van der Waals surface area contributed by atoms with Crippen LogP contribution in [0.3, 0.4) is 0 Å². The quantitative estimate of drug-likeness (QED) is 0.294. The smallest absolute Gasteiger partial charge is 0.264 e. The Balaban J connectivity index is 1.72. The van der Waals surface area contributed by atoms with E-state index >= 15 is 0 Å². The number of carbonyl (C=O) groups is 2. The zero-order valence-corrected chi connectivity index (χ0v) is 25.4. The Morgan fingerprint density at radius 2 is 1.59 bits per heavy atom. The molecule has 1 N–H and O–H groups in total. The van der Waals surface area contributed by atoms with Crippen LogP contribution in [0.1, 0.15) is 55.7 Å². The maximum Gasteiger partial charge on any atom is 0.264 e. The zero-order valence-electron chi connectivity index (χ0n) is 23.8. The van der Waals surface area contributed by atoms with Gasteiger partial charge in [-0.15, -0.1) is 0 Å². The van der Waals surface area contributed by atoms with Crippen LogP contribution >= 0.6 is 11.6 Å². The van der Waals surface area contributed by atoms with Crippen LogP contribution in [0, 0.1) is 13.8 Å². The molecule has 0 saturated heterocycles. The van der Waals surface area contributed by atoms with Gasteiger partial charge in [-0.25, -0.2) is 8.42 Å². The third-order valence-corrected chi connectivity index (χ3v) is 9.73. The molecule has 9 heteroatoms. The maximum atomic E-state index is 14.2. The number of anilines is 1. The summed E-state index contributed by atoms with van der Waals surface area (Å²) in [6, 6.07) is 19.9. The molecule has 4 rings (SSSR count). The van der Waals surface area contributed by atoms with Gasteiger partial charge in [-0.2, -0.15) is 0 Å². The fourth-order valence-corrected chi connectivity index (χ4v) is 6.77. The van der Waals surface area contributed by atoms with Crippen molar-refractivity contribution in [1.29, 1.82) is 0 Å². The van der Waals surface area contributed by atoms with Gasteiger partial charge in [0.25, 0.3) is 10.0 Å². The van der Waals surface area contributed by atoms with Crippen molar-refractivity contribution < 1.29 is 18.0 Å². The third kappa shape index (κ3) is 7.49. The van der Waals surface area contributed by atoms with E-state index in [9.17, 15) is 18.0 Å². The van der Waals surface area contributed by atoms with Crippen LogP contribution in [0.4, 0.5) is 5.69 Å². The van der Waals surface area contributed by atoms with Crippen molar-refractivity contribution in [3.8, 4) is 0 Å². The molecule has 0 radical (unpaired) electrons. The summed E-state index contributed by atoms with van der Waals surface area (Å²) in [5.74, 6) is -0.673. The molecule has 0 heterocycles. The Morgan fingerprint density at radius 3 is 2.20 bits per heavy atom. The molecule has 1 atom stereocenters. The number of hydrogen-bond donors (Lipinski definition) is 1. The minimum absolute atomic E-state index is 0.0716. The van der Waals surface area contributed by atoms with Crippen molar-refractivity contribution in [1.82, 2.24) is 10.2 Å². The summed E-state index contributed by atoms with van der Waals surface area (Å²) in [6.07, 6.45) is 4.38. The van der Waals surface area contributed by atoms with E-state index in [1.54, 1.807) is 36.4 Å². The van der Waals surface area contributed by atoms with Gasteiger partial charge in [0.15, 0.2) is 0 Å². The Labute approximate surface area is 248 Å². The summed E-state index contributed by atoms with van der Waals surface area (Å²) in [5, 5.41) is 3.59. The van der Waals surface area contributed by atoms with Crippen molar-refractivity contribution in [2.75, 3.05) is 10.8 Å². The Morgan fingerprint density at radius 1 is 0.951 bits per heavy atom. The molecule has 0 aromatic heterocycles. The molecule has 0 bridgehead atoms. The van der Waals surface area contributed by atoms with E-state index in [-0.39, 0.29) is 23.4 Å². The number of hydrogen-bond acceptors (Lipinski definition) is 4. The van der Waals surface area contributed by atoms with Crippen LogP contribution in [-0.4, -0.2) is 43.8 Å². The summed E-state index contributed by atoms with van der Waals surface area (Å²) < 4.78 is 29.0. The van der Waals surface area contributed by atoms with E-state index < -0.39 is 28.5 Å². The first-order valence-corrected chi connectivity index (χ1v) is 15.9. The second-order valence-corrected chi connectivity index (χ2v) is 13.0. The van der Waals surface area contributed by atoms with Crippen LogP contribution in [0.25, 0.3) is 0 Å². The van der Waals surface area contributed by atoms with E-state index in [0.29, 0.717) is 17.1 Å². The third-order valence-electron chi connectivity index (χ3n) is 7.69. The van der Waals surface area contributed by atoms with Crippen molar-refractivity contribution in [3.05, 3.63) is 94.5 Å². The molecule has 3 aromatic rings. The average molecular weight is 596 g/mol. The van der Waals surface area contributed by atoms with Gasteiger partial charge in [-0.05, 0) is 80.6 Å². The molecule has 1 fully saturated rings. The molecule has 1 aliphatic carbocycles. The van der Waals surface area contributed by atoms with Gasteiger partial charge >= 0.3 is 0 Å². The highest BCUT2D eigenvalue weighted by atomic mass is 35.5. The van der Waals surface area contributed by atoms with Gasteiger partial charge < -0.3 is 10.2 Å². The van der Waals surface area contributed by atoms with Crippen LogP contribution in [0.15, 0.2) is 77.7 Å². The lowest BCUT2D eigenvalue weighted by Crippen LogP contribution is -2.53. The molecule has 41 heavy (non-hydrogen) atoms. The zero-order chi connectivity index (χ0) is 29.6. The molecule has 3 aromatic carbocycles. The van der Waals surface area contributed by atoms with E-state index in [4.69, 9.17) is 11.6 Å². The van der Waals surface area contributed by atoms with Gasteiger partial charge in [0, 0.05) is 17.6 Å². The molecular formula is C32H38ClN3O4S. The van der Waals surface area contributed by atoms with E-state index in [1.165, 1.54) is 17.0 Å². The highest BCUT2D eigenvalue weighted by Gasteiger charge is 2.34. The molecule has 7 nitrogen and oxygen atoms in total. The second kappa shape index (κ2) is 13.5. The number of carbonyl (C=O) groups excluding carboxylic acids is 2. The number of sulfonamides is 1. The lowest BCUT2D eigenvalue weighted by molar-refractivity contribution is -0.140. The van der Waals surface area contributed by atoms with Crippen molar-refractivity contribution >= 4 is 39.1 Å². The Hall–Kier alpha value is -3.36. The number of amides is 2. The lowest BCUT2D eigenvalue weighted by atomic mass is 10.1. The molecule has 2 amide bonds. The summed E-state index contributed by atoms with van der Waals surface area (Å²) in [6.45, 7) is 5.41. The largest absolute Gasteiger partial charge is 0.352 e. The summed E-state index contributed by atoms with van der Waals surface area (Å²) >= 11 is 6.10. The minimum atomic E-state index is -4.12. The molecule has 218 valence electrons. The first-order chi connectivity index (χ1) is 19.6. The Kier molecular flexibility index (Phi) is 10.1. The fraction of sp³-hybridized carbons (Fsp3) is 0.375. The monoisotopic (exact) mass is 595 g/mol. The Bertz CT molecular complexity index is 1450. The van der Waals surface area contributed by atoms with Gasteiger partial charge in [-0.1, -0.05) is 73.3 Å². The first-order valence-electron chi connectivity index (χ1n) is 14.1. The van der Waals surface area contributed by atoms with Gasteiger partial charge in [-0.3, -0.25) is 13.9 Å². The van der Waals surface area contributed by atoms with Crippen molar-refractivity contribution in [2.45, 2.75) is 76.4 Å². The lowest BCUT2D eigenvalue weighted by Gasteiger charge is -2.34. The number of nitrogens with one attached hydrogen (secondary N) is 1. The number of nitrogens with zero attached hydrogens (tertiary/aromatic N) is 2. The summed E-state index contributed by atoms with van der Waals surface area (Å²) in [5.41, 5.74) is 3.11. The van der Waals surface area contributed by atoms with Gasteiger partial charge in [0.05, 0.1) is 10.6 Å². The molecular weight excluding hydrogens is 558 g/mol. The molecule has 0 unspecified atom stereocenters. The molecule has 1 saturated carbocycles. The number of aryl methyl sites for hydroxylation is 2. The van der Waals surface area contributed by atoms with Crippen LogP contribution in [0.5, 0.6) is 0 Å². The minimum Gasteiger partial charge on any atom is -0.352 e. The normalized spacial score (nSPS) is 14.4. The van der Waals surface area contributed by atoms with Gasteiger partial charge in [0.1, 0.15) is 12.6 Å². The van der Waals surface area contributed by atoms with E-state index in [1.807, 2.05) is 45.0 Å². The SMILES string of the molecule is CC[C@@H](C(=O)NC1CCCC1)N(Cc1ccccc1C)C(=O)CN(c1ccc(Cl)cc1)S(=O)(=O)c1ccc(C)cc1. The predicted octanol–water partition coefficient (Wildman–Crippen LogP) is 6.02. The number of benzene rings is 3. The topological polar surface area (TPSA) is 86.8 Å².